The van der Waals surface area contributed by atoms with Crippen molar-refractivity contribution in [3.05, 3.63) is 148 Å². The number of hydrogen-bond donors (Lipinski definition) is 0. The van der Waals surface area contributed by atoms with Crippen LogP contribution in [0.1, 0.15) is 88.8 Å². The molecular weight excluding hydrogens is 584 g/mol. The summed E-state index contributed by atoms with van der Waals surface area (Å²) in [6, 6.07) is 36.0. The van der Waals surface area contributed by atoms with Crippen LogP contribution in [0.25, 0.3) is 16.7 Å². The van der Waals surface area contributed by atoms with Crippen LogP contribution in [0.2, 0.25) is 0 Å². The fourth-order valence-electron chi connectivity index (χ4n) is 5.34. The van der Waals surface area contributed by atoms with Crippen LogP contribution in [0.4, 0.5) is 0 Å². The van der Waals surface area contributed by atoms with E-state index in [-0.39, 0.29) is 10.8 Å². The average molecular weight is 628 g/mol. The van der Waals surface area contributed by atoms with Gasteiger partial charge in [0, 0.05) is 0 Å². The quantitative estimate of drug-likeness (QED) is 0.171. The van der Waals surface area contributed by atoms with Crippen molar-refractivity contribution in [2.75, 3.05) is 0 Å². The molecule has 0 radical (unpaired) electrons. The Morgan fingerprint density at radius 1 is 0.762 bits per heavy atom. The molecule has 0 spiro atoms. The zero-order chi connectivity index (χ0) is 30.5. The van der Waals surface area contributed by atoms with E-state index in [4.69, 9.17) is 0 Å². The van der Waals surface area contributed by atoms with Crippen LogP contribution in [-0.4, -0.2) is 3.71 Å². The van der Waals surface area contributed by atoms with Crippen LogP contribution < -0.4 is 0 Å². The SMILES string of the molecule is CC(C)(C)c1[c-]c2c(cc1)-c1ccc(C(C)(C)C)cc1C2.CC1=[C-]C(C)C=C1c1ccccc1.[Zr+2]=[CH]c1ccccc1. The molecule has 2 aliphatic rings. The monoisotopic (exact) mass is 626 g/mol. The molecule has 1 atom stereocenters. The first-order valence-corrected chi connectivity index (χ1v) is 16.4. The Labute approximate surface area is 269 Å². The average Bonchev–Trinajstić information content (AvgIpc) is 3.51. The molecule has 42 heavy (non-hydrogen) atoms. The number of fused-ring (bicyclic) bond motifs is 3. The Morgan fingerprint density at radius 2 is 1.38 bits per heavy atom. The van der Waals surface area contributed by atoms with Gasteiger partial charge in [0.25, 0.3) is 0 Å². The maximum absolute atomic E-state index is 3.67. The zero-order valence-electron chi connectivity index (χ0n) is 26.6. The van der Waals surface area contributed by atoms with Gasteiger partial charge in [0.1, 0.15) is 0 Å². The summed E-state index contributed by atoms with van der Waals surface area (Å²) in [6.45, 7) is 17.9. The summed E-state index contributed by atoms with van der Waals surface area (Å²) in [5.74, 6) is 0.468. The summed E-state index contributed by atoms with van der Waals surface area (Å²) in [6.07, 6.45) is 6.68. The van der Waals surface area contributed by atoms with Gasteiger partial charge in [-0.2, -0.15) is 35.4 Å². The molecule has 1 unspecified atom stereocenters. The maximum atomic E-state index is 3.67. The molecule has 0 fully saturated rings. The molecule has 6 rings (SSSR count). The molecule has 212 valence electrons. The van der Waals surface area contributed by atoms with E-state index < -0.39 is 0 Å². The van der Waals surface area contributed by atoms with E-state index in [2.05, 4.69) is 156 Å². The van der Waals surface area contributed by atoms with Crippen molar-refractivity contribution in [1.82, 2.24) is 0 Å². The molecule has 0 amide bonds. The summed E-state index contributed by atoms with van der Waals surface area (Å²) in [4.78, 5) is 0. The van der Waals surface area contributed by atoms with Gasteiger partial charge in [0.05, 0.1) is 0 Å². The topological polar surface area (TPSA) is 0 Å². The van der Waals surface area contributed by atoms with Crippen molar-refractivity contribution in [3.8, 4) is 11.1 Å². The van der Waals surface area contributed by atoms with E-state index in [1.807, 2.05) is 12.1 Å². The normalized spacial score (nSPS) is 15.2. The van der Waals surface area contributed by atoms with E-state index in [1.54, 1.807) is 0 Å². The molecule has 4 aromatic carbocycles. The van der Waals surface area contributed by atoms with Crippen molar-refractivity contribution in [1.29, 1.82) is 0 Å². The Kier molecular flexibility index (Phi) is 10.4. The van der Waals surface area contributed by atoms with Crippen molar-refractivity contribution in [2.24, 2.45) is 5.92 Å². The fourth-order valence-corrected chi connectivity index (χ4v) is 5.82. The summed E-state index contributed by atoms with van der Waals surface area (Å²) in [5, 5.41) is 0. The standard InChI is InChI=1S/C21H25.C13H13.C7H6.Zr/c1-20(2,3)16-7-9-18-14(12-16)11-15-13-17(21(4,5)6)8-10-19(15)18;1-10-8-11(2)13(9-10)12-6-4-3-5-7-12;1-7-5-3-2-4-6-7;/h7-10,12H,11H2,1-6H3;3-7,9-10H,1-2H3;1-6H;/q2*-1;;+2. The summed E-state index contributed by atoms with van der Waals surface area (Å²) in [5.41, 5.74) is 13.9. The van der Waals surface area contributed by atoms with Gasteiger partial charge in [-0.15, -0.1) is 16.7 Å². The summed E-state index contributed by atoms with van der Waals surface area (Å²) >= 11 is 1.46. The minimum absolute atomic E-state index is 0.167. The van der Waals surface area contributed by atoms with Crippen LogP contribution in [0.3, 0.4) is 0 Å². The molecule has 0 N–H and O–H groups in total. The molecular formula is C41H44Zr. The van der Waals surface area contributed by atoms with Crippen LogP contribution >= 0.6 is 0 Å². The number of rotatable bonds is 2. The third-order valence-electron chi connectivity index (χ3n) is 7.78. The fraction of sp³-hybridized carbons (Fsp3) is 0.293. The second-order valence-electron chi connectivity index (χ2n) is 13.4. The third-order valence-corrected chi connectivity index (χ3v) is 8.60. The first-order chi connectivity index (χ1) is 19.9. The molecule has 0 aromatic heterocycles. The number of benzene rings is 4. The van der Waals surface area contributed by atoms with E-state index in [0.717, 1.165) is 6.42 Å². The van der Waals surface area contributed by atoms with Gasteiger partial charge in [-0.05, 0) is 28.4 Å². The van der Waals surface area contributed by atoms with Gasteiger partial charge in [0.2, 0.25) is 0 Å². The van der Waals surface area contributed by atoms with Crippen molar-refractivity contribution >= 4 is 9.28 Å². The predicted octanol–water partition coefficient (Wildman–Crippen LogP) is 10.5. The first-order valence-electron chi connectivity index (χ1n) is 15.0. The van der Waals surface area contributed by atoms with Gasteiger partial charge in [-0.3, -0.25) is 6.08 Å². The second-order valence-corrected chi connectivity index (χ2v) is 14.1. The molecule has 0 saturated heterocycles. The van der Waals surface area contributed by atoms with Gasteiger partial charge < -0.3 is 0 Å². The Bertz CT molecular complexity index is 1510. The van der Waals surface area contributed by atoms with Crippen molar-refractivity contribution in [2.45, 2.75) is 72.6 Å². The molecule has 0 bridgehead atoms. The van der Waals surface area contributed by atoms with Crippen molar-refractivity contribution < 1.29 is 24.2 Å². The van der Waals surface area contributed by atoms with E-state index in [9.17, 15) is 0 Å². The van der Waals surface area contributed by atoms with Crippen LogP contribution in [0.15, 0.2) is 103 Å². The Morgan fingerprint density at radius 3 is 1.90 bits per heavy atom. The number of hydrogen-bond acceptors (Lipinski definition) is 0. The van der Waals surface area contributed by atoms with Crippen LogP contribution in [0, 0.1) is 18.1 Å². The predicted molar refractivity (Wildman–Crippen MR) is 179 cm³/mol. The van der Waals surface area contributed by atoms with Gasteiger partial charge in [-0.1, -0.05) is 115 Å². The molecule has 0 nitrogen and oxygen atoms in total. The molecule has 0 saturated carbocycles. The van der Waals surface area contributed by atoms with E-state index in [0.29, 0.717) is 5.92 Å². The Hall–Kier alpha value is -2.89. The molecule has 1 heteroatoms. The minimum atomic E-state index is 0.167. The molecule has 0 heterocycles. The van der Waals surface area contributed by atoms with E-state index >= 15 is 0 Å². The van der Waals surface area contributed by atoms with Gasteiger partial charge in [-0.25, -0.2) is 5.57 Å². The van der Waals surface area contributed by atoms with Crippen LogP contribution in [0.5, 0.6) is 0 Å². The third kappa shape index (κ3) is 8.14. The number of allylic oxidation sites excluding steroid dienone is 4. The molecule has 4 aromatic rings. The van der Waals surface area contributed by atoms with Gasteiger partial charge >= 0.3 is 63.8 Å². The zero-order valence-corrected chi connectivity index (χ0v) is 29.1. The van der Waals surface area contributed by atoms with Crippen LogP contribution in [-0.2, 0) is 41.5 Å². The first kappa shape index (κ1) is 32.0. The van der Waals surface area contributed by atoms with E-state index in [1.165, 1.54) is 79.9 Å². The molecule has 2 aliphatic carbocycles. The second kappa shape index (κ2) is 13.6. The summed E-state index contributed by atoms with van der Waals surface area (Å²) in [7, 11) is 0. The summed E-state index contributed by atoms with van der Waals surface area (Å²) < 4.78 is 2.17. The molecule has 0 aliphatic heterocycles. The van der Waals surface area contributed by atoms with Crippen molar-refractivity contribution in [3.63, 3.8) is 0 Å². The van der Waals surface area contributed by atoms with Gasteiger partial charge in [0.15, 0.2) is 0 Å². The Balaban J connectivity index is 0.000000163.